The molecule has 0 unspecified atom stereocenters. The summed E-state index contributed by atoms with van der Waals surface area (Å²) in [5.41, 5.74) is 4.21. The predicted molar refractivity (Wildman–Crippen MR) is 128 cm³/mol. The van der Waals surface area contributed by atoms with Crippen molar-refractivity contribution >= 4 is 17.5 Å². The molecule has 2 N–H and O–H groups in total. The number of hydrogen-bond acceptors (Lipinski definition) is 3. The molecule has 0 saturated carbocycles. The molecule has 1 atom stereocenters. The Morgan fingerprint density at radius 1 is 0.906 bits per heavy atom. The van der Waals surface area contributed by atoms with Crippen molar-refractivity contribution < 1.29 is 14.3 Å². The Morgan fingerprint density at radius 2 is 1.56 bits per heavy atom. The van der Waals surface area contributed by atoms with Gasteiger partial charge in [-0.1, -0.05) is 55.5 Å². The fourth-order valence-corrected chi connectivity index (χ4v) is 3.55. The maximum absolute atomic E-state index is 12.9. The van der Waals surface area contributed by atoms with Crippen molar-refractivity contribution in [2.24, 2.45) is 0 Å². The summed E-state index contributed by atoms with van der Waals surface area (Å²) in [6.45, 7) is 6.40. The van der Waals surface area contributed by atoms with Crippen LogP contribution in [-0.4, -0.2) is 24.5 Å². The Bertz CT molecular complexity index is 1040. The number of ether oxygens (including phenoxy) is 1. The first-order valence-corrected chi connectivity index (χ1v) is 10.9. The molecule has 0 aliphatic carbocycles. The second-order valence-corrected chi connectivity index (χ2v) is 7.86. The van der Waals surface area contributed by atoms with E-state index in [9.17, 15) is 9.59 Å². The van der Waals surface area contributed by atoms with Gasteiger partial charge < -0.3 is 15.4 Å². The van der Waals surface area contributed by atoms with Gasteiger partial charge in [0.2, 0.25) is 0 Å². The Hall–Kier alpha value is -3.60. The van der Waals surface area contributed by atoms with Crippen molar-refractivity contribution in [3.63, 3.8) is 0 Å². The SMILES string of the molecule is CC[C@@H](Oc1cc(C)cc(C)c1)C(=O)Nc1ccccc1C(=O)NCCc1ccccc1. The molecule has 3 aromatic rings. The highest BCUT2D eigenvalue weighted by atomic mass is 16.5. The van der Waals surface area contributed by atoms with Crippen LogP contribution in [0.25, 0.3) is 0 Å². The van der Waals surface area contributed by atoms with Gasteiger partial charge in [0.25, 0.3) is 11.8 Å². The lowest BCUT2D eigenvalue weighted by Crippen LogP contribution is -2.33. The summed E-state index contributed by atoms with van der Waals surface area (Å²) in [4.78, 5) is 25.7. The van der Waals surface area contributed by atoms with Gasteiger partial charge in [-0.05, 0) is 67.6 Å². The van der Waals surface area contributed by atoms with Gasteiger partial charge in [-0.3, -0.25) is 9.59 Å². The molecule has 0 bridgehead atoms. The summed E-state index contributed by atoms with van der Waals surface area (Å²) in [5, 5.41) is 5.81. The van der Waals surface area contributed by atoms with E-state index in [2.05, 4.69) is 16.7 Å². The molecule has 3 aromatic carbocycles. The molecule has 3 rings (SSSR count). The summed E-state index contributed by atoms with van der Waals surface area (Å²) in [5.74, 6) is 0.160. The Kier molecular flexibility index (Phi) is 8.03. The number of anilines is 1. The Balaban J connectivity index is 1.64. The molecule has 32 heavy (non-hydrogen) atoms. The highest BCUT2D eigenvalue weighted by Gasteiger charge is 2.21. The Labute approximate surface area is 189 Å². The Morgan fingerprint density at radius 3 is 2.25 bits per heavy atom. The molecular weight excluding hydrogens is 400 g/mol. The number of benzene rings is 3. The third-order valence-electron chi connectivity index (χ3n) is 5.11. The van der Waals surface area contributed by atoms with Crippen LogP contribution in [-0.2, 0) is 11.2 Å². The maximum atomic E-state index is 12.9. The zero-order chi connectivity index (χ0) is 22.9. The summed E-state index contributed by atoms with van der Waals surface area (Å²) in [7, 11) is 0. The minimum absolute atomic E-state index is 0.222. The molecule has 0 heterocycles. The number of rotatable bonds is 9. The van der Waals surface area contributed by atoms with E-state index in [1.807, 2.05) is 63.2 Å². The molecule has 0 fully saturated rings. The van der Waals surface area contributed by atoms with Crippen molar-refractivity contribution in [1.29, 1.82) is 0 Å². The normalized spacial score (nSPS) is 11.5. The largest absolute Gasteiger partial charge is 0.481 e. The summed E-state index contributed by atoms with van der Waals surface area (Å²) in [6.07, 6.45) is 0.581. The van der Waals surface area contributed by atoms with Crippen LogP contribution in [0.15, 0.2) is 72.8 Å². The van der Waals surface area contributed by atoms with Gasteiger partial charge >= 0.3 is 0 Å². The number of amides is 2. The number of carbonyl (C=O) groups is 2. The van der Waals surface area contributed by atoms with E-state index in [1.165, 1.54) is 0 Å². The first-order valence-electron chi connectivity index (χ1n) is 10.9. The van der Waals surface area contributed by atoms with E-state index in [0.717, 1.165) is 23.1 Å². The van der Waals surface area contributed by atoms with Gasteiger partial charge in [-0.15, -0.1) is 0 Å². The minimum atomic E-state index is -0.662. The first-order chi connectivity index (χ1) is 15.5. The third kappa shape index (κ3) is 6.45. The molecule has 0 aliphatic heterocycles. The monoisotopic (exact) mass is 430 g/mol. The topological polar surface area (TPSA) is 67.4 Å². The lowest BCUT2D eigenvalue weighted by atomic mass is 10.1. The highest BCUT2D eigenvalue weighted by Crippen LogP contribution is 2.20. The number of carbonyl (C=O) groups excluding carboxylic acids is 2. The second-order valence-electron chi connectivity index (χ2n) is 7.86. The fraction of sp³-hybridized carbons (Fsp3) is 0.259. The molecule has 2 amide bonds. The van der Waals surface area contributed by atoms with Crippen molar-refractivity contribution in [3.05, 3.63) is 95.1 Å². The van der Waals surface area contributed by atoms with Crippen LogP contribution in [0.1, 0.15) is 40.4 Å². The quantitative estimate of drug-likeness (QED) is 0.498. The van der Waals surface area contributed by atoms with E-state index in [-0.39, 0.29) is 11.8 Å². The van der Waals surface area contributed by atoms with Crippen LogP contribution in [0.3, 0.4) is 0 Å². The zero-order valence-corrected chi connectivity index (χ0v) is 18.9. The van der Waals surface area contributed by atoms with Crippen LogP contribution in [0.5, 0.6) is 5.75 Å². The standard InChI is InChI=1S/C27H30N2O3/c1-4-25(32-22-17-19(2)16-20(3)18-22)27(31)29-24-13-9-8-12-23(24)26(30)28-15-14-21-10-6-5-7-11-21/h5-13,16-18,25H,4,14-15H2,1-3H3,(H,28,30)(H,29,31)/t25-/m1/s1. The molecule has 0 aliphatic rings. The van der Waals surface area contributed by atoms with Crippen molar-refractivity contribution in [1.82, 2.24) is 5.32 Å². The van der Waals surface area contributed by atoms with Crippen LogP contribution < -0.4 is 15.4 Å². The van der Waals surface area contributed by atoms with E-state index < -0.39 is 6.10 Å². The molecule has 5 heteroatoms. The van der Waals surface area contributed by atoms with E-state index in [0.29, 0.717) is 30.0 Å². The lowest BCUT2D eigenvalue weighted by molar-refractivity contribution is -0.122. The van der Waals surface area contributed by atoms with E-state index in [4.69, 9.17) is 4.74 Å². The van der Waals surface area contributed by atoms with Gasteiger partial charge in [0.1, 0.15) is 5.75 Å². The summed E-state index contributed by atoms with van der Waals surface area (Å²) < 4.78 is 5.96. The molecule has 0 aromatic heterocycles. The molecule has 0 radical (unpaired) electrons. The summed E-state index contributed by atoms with van der Waals surface area (Å²) >= 11 is 0. The van der Waals surface area contributed by atoms with Crippen molar-refractivity contribution in [3.8, 4) is 5.75 Å². The van der Waals surface area contributed by atoms with Crippen LogP contribution >= 0.6 is 0 Å². The second kappa shape index (κ2) is 11.1. The first kappa shape index (κ1) is 23.1. The lowest BCUT2D eigenvalue weighted by Gasteiger charge is -2.19. The number of hydrogen-bond donors (Lipinski definition) is 2. The fourth-order valence-electron chi connectivity index (χ4n) is 3.55. The minimum Gasteiger partial charge on any atom is -0.481 e. The molecule has 5 nitrogen and oxygen atoms in total. The molecule has 0 spiro atoms. The third-order valence-corrected chi connectivity index (χ3v) is 5.11. The number of nitrogens with one attached hydrogen (secondary N) is 2. The van der Waals surface area contributed by atoms with Gasteiger partial charge in [-0.25, -0.2) is 0 Å². The van der Waals surface area contributed by atoms with Gasteiger partial charge in [-0.2, -0.15) is 0 Å². The van der Waals surface area contributed by atoms with Crippen LogP contribution in [0, 0.1) is 13.8 Å². The van der Waals surface area contributed by atoms with Crippen LogP contribution in [0.4, 0.5) is 5.69 Å². The average Bonchev–Trinajstić information content (AvgIpc) is 2.77. The number of aryl methyl sites for hydroxylation is 2. The van der Waals surface area contributed by atoms with Crippen molar-refractivity contribution in [2.75, 3.05) is 11.9 Å². The summed E-state index contributed by atoms with van der Waals surface area (Å²) in [6, 6.07) is 22.9. The molecule has 0 saturated heterocycles. The van der Waals surface area contributed by atoms with Gasteiger partial charge in [0.05, 0.1) is 11.3 Å². The van der Waals surface area contributed by atoms with E-state index >= 15 is 0 Å². The molecular formula is C27H30N2O3. The van der Waals surface area contributed by atoms with E-state index in [1.54, 1.807) is 24.3 Å². The maximum Gasteiger partial charge on any atom is 0.265 e. The van der Waals surface area contributed by atoms with Gasteiger partial charge in [0.15, 0.2) is 6.10 Å². The van der Waals surface area contributed by atoms with Gasteiger partial charge in [0, 0.05) is 6.54 Å². The number of para-hydroxylation sites is 1. The highest BCUT2D eigenvalue weighted by molar-refractivity contribution is 6.04. The smallest absolute Gasteiger partial charge is 0.265 e. The van der Waals surface area contributed by atoms with Crippen LogP contribution in [0.2, 0.25) is 0 Å². The van der Waals surface area contributed by atoms with Crippen molar-refractivity contribution in [2.45, 2.75) is 39.7 Å². The molecule has 166 valence electrons. The zero-order valence-electron chi connectivity index (χ0n) is 18.9. The average molecular weight is 431 g/mol. The predicted octanol–water partition coefficient (Wildman–Crippen LogP) is 5.07.